The van der Waals surface area contributed by atoms with Crippen LogP contribution in [0.15, 0.2) is 0 Å². The highest BCUT2D eigenvalue weighted by atomic mass is 31.2. The predicted octanol–water partition coefficient (Wildman–Crippen LogP) is 1.45. The quantitative estimate of drug-likeness (QED) is 0.486. The smallest absolute Gasteiger partial charge is 0.268 e. The van der Waals surface area contributed by atoms with Gasteiger partial charge in [-0.05, 0) is 26.7 Å². The third-order valence-corrected chi connectivity index (χ3v) is 2.82. The minimum absolute atomic E-state index is 0.152. The lowest BCUT2D eigenvalue weighted by Gasteiger charge is -2.24. The average Bonchev–Trinajstić information content (AvgIpc) is 2.08. The molecule has 0 aliphatic heterocycles. The maximum atomic E-state index is 11.1. The SMILES string of the molecule is CC(C)OP(=O)([O-])OCCCCCCO. The van der Waals surface area contributed by atoms with Gasteiger partial charge < -0.3 is 19.0 Å². The first kappa shape index (κ1) is 15.1. The standard InChI is InChI=1S/C9H21O5P/c1-9(2)14-15(11,12)13-8-6-4-3-5-7-10/h9-10H,3-8H2,1-2H3,(H,11,12)/p-1. The molecule has 1 atom stereocenters. The highest BCUT2D eigenvalue weighted by Gasteiger charge is 2.10. The van der Waals surface area contributed by atoms with Gasteiger partial charge in [-0.25, -0.2) is 0 Å². The summed E-state index contributed by atoms with van der Waals surface area (Å²) in [7, 11) is -4.10. The molecule has 0 bridgehead atoms. The highest BCUT2D eigenvalue weighted by Crippen LogP contribution is 2.39. The summed E-state index contributed by atoms with van der Waals surface area (Å²) in [5.74, 6) is 0. The van der Waals surface area contributed by atoms with Gasteiger partial charge in [0.25, 0.3) is 7.82 Å². The molecule has 0 heterocycles. The van der Waals surface area contributed by atoms with Crippen molar-refractivity contribution in [3.63, 3.8) is 0 Å². The van der Waals surface area contributed by atoms with E-state index < -0.39 is 7.82 Å². The topological polar surface area (TPSA) is 78.8 Å². The molecule has 0 saturated carbocycles. The third-order valence-electron chi connectivity index (χ3n) is 1.64. The van der Waals surface area contributed by atoms with Crippen molar-refractivity contribution in [2.45, 2.75) is 45.6 Å². The normalized spacial score (nSPS) is 15.5. The van der Waals surface area contributed by atoms with Crippen molar-refractivity contribution in [3.8, 4) is 0 Å². The van der Waals surface area contributed by atoms with E-state index in [9.17, 15) is 9.46 Å². The van der Waals surface area contributed by atoms with Gasteiger partial charge in [0.15, 0.2) is 0 Å². The summed E-state index contributed by atoms with van der Waals surface area (Å²) in [6.45, 7) is 3.60. The Morgan fingerprint density at radius 2 is 1.87 bits per heavy atom. The first-order valence-corrected chi connectivity index (χ1v) is 6.69. The van der Waals surface area contributed by atoms with Gasteiger partial charge in [0.1, 0.15) is 0 Å². The maximum absolute atomic E-state index is 11.1. The lowest BCUT2D eigenvalue weighted by molar-refractivity contribution is -0.228. The zero-order chi connectivity index (χ0) is 11.7. The fourth-order valence-electron chi connectivity index (χ4n) is 1.03. The molecule has 0 fully saturated rings. The van der Waals surface area contributed by atoms with Crippen LogP contribution in [0.4, 0.5) is 0 Å². The second kappa shape index (κ2) is 8.25. The zero-order valence-electron chi connectivity index (χ0n) is 9.35. The lowest BCUT2D eigenvalue weighted by Crippen LogP contribution is -2.13. The Kier molecular flexibility index (Phi) is 8.29. The fraction of sp³-hybridized carbons (Fsp3) is 1.00. The Morgan fingerprint density at radius 3 is 2.40 bits per heavy atom. The second-order valence-electron chi connectivity index (χ2n) is 3.57. The molecule has 0 saturated heterocycles. The molecule has 1 unspecified atom stereocenters. The van der Waals surface area contributed by atoms with E-state index in [0.29, 0.717) is 6.42 Å². The first-order chi connectivity index (χ1) is 6.98. The van der Waals surface area contributed by atoms with Gasteiger partial charge in [-0.15, -0.1) is 0 Å². The van der Waals surface area contributed by atoms with Crippen molar-refractivity contribution in [2.75, 3.05) is 13.2 Å². The van der Waals surface area contributed by atoms with Crippen molar-refractivity contribution >= 4 is 7.82 Å². The molecule has 6 heteroatoms. The molecule has 0 aromatic heterocycles. The minimum atomic E-state index is -4.10. The van der Waals surface area contributed by atoms with Gasteiger partial charge in [-0.2, -0.15) is 0 Å². The molecule has 0 aliphatic rings. The van der Waals surface area contributed by atoms with E-state index in [1.54, 1.807) is 13.8 Å². The van der Waals surface area contributed by atoms with E-state index >= 15 is 0 Å². The monoisotopic (exact) mass is 239 g/mol. The molecule has 0 aliphatic carbocycles. The van der Waals surface area contributed by atoms with Gasteiger partial charge >= 0.3 is 0 Å². The van der Waals surface area contributed by atoms with E-state index in [2.05, 4.69) is 9.05 Å². The third kappa shape index (κ3) is 10.4. The van der Waals surface area contributed by atoms with Crippen LogP contribution in [0, 0.1) is 0 Å². The molecular formula is C9H20O5P-. The van der Waals surface area contributed by atoms with E-state index in [4.69, 9.17) is 5.11 Å². The van der Waals surface area contributed by atoms with E-state index in [-0.39, 0.29) is 19.3 Å². The highest BCUT2D eigenvalue weighted by molar-refractivity contribution is 7.45. The Morgan fingerprint density at radius 1 is 1.27 bits per heavy atom. The largest absolute Gasteiger partial charge is 0.756 e. The average molecular weight is 239 g/mol. The summed E-state index contributed by atoms with van der Waals surface area (Å²) in [6, 6.07) is 0. The molecule has 15 heavy (non-hydrogen) atoms. The van der Waals surface area contributed by atoms with Gasteiger partial charge in [-0.3, -0.25) is 4.57 Å². The molecule has 1 N–H and O–H groups in total. The molecule has 0 amide bonds. The van der Waals surface area contributed by atoms with E-state index in [1.807, 2.05) is 0 Å². The summed E-state index contributed by atoms with van der Waals surface area (Å²) in [6.07, 6.45) is 2.75. The van der Waals surface area contributed by atoms with Crippen molar-refractivity contribution in [3.05, 3.63) is 0 Å². The van der Waals surface area contributed by atoms with Crippen LogP contribution in [0.2, 0.25) is 0 Å². The number of aliphatic hydroxyl groups excluding tert-OH is 1. The number of unbranched alkanes of at least 4 members (excludes halogenated alkanes) is 3. The molecule has 0 radical (unpaired) electrons. The number of phosphoric acid groups is 1. The van der Waals surface area contributed by atoms with Crippen LogP contribution in [0.1, 0.15) is 39.5 Å². The molecule has 5 nitrogen and oxygen atoms in total. The Bertz CT molecular complexity index is 195. The first-order valence-electron chi connectivity index (χ1n) is 5.23. The van der Waals surface area contributed by atoms with Crippen LogP contribution >= 0.6 is 7.82 Å². The predicted molar refractivity (Wildman–Crippen MR) is 55.3 cm³/mol. The van der Waals surface area contributed by atoms with Crippen LogP contribution in [-0.4, -0.2) is 24.4 Å². The fourth-order valence-corrected chi connectivity index (χ4v) is 1.96. The molecule has 0 aromatic carbocycles. The van der Waals surface area contributed by atoms with Gasteiger partial charge in [0.05, 0.1) is 12.7 Å². The van der Waals surface area contributed by atoms with Gasteiger partial charge in [0.2, 0.25) is 0 Å². The van der Waals surface area contributed by atoms with Crippen molar-refractivity contribution < 1.29 is 23.6 Å². The number of aliphatic hydroxyl groups is 1. The lowest BCUT2D eigenvalue weighted by atomic mass is 10.2. The molecule has 0 spiro atoms. The second-order valence-corrected chi connectivity index (χ2v) is 4.94. The number of hydrogen-bond acceptors (Lipinski definition) is 5. The van der Waals surface area contributed by atoms with Crippen LogP contribution in [0.25, 0.3) is 0 Å². The minimum Gasteiger partial charge on any atom is -0.756 e. The van der Waals surface area contributed by atoms with Crippen LogP contribution in [0.3, 0.4) is 0 Å². The van der Waals surface area contributed by atoms with Crippen LogP contribution in [0.5, 0.6) is 0 Å². The number of hydrogen-bond donors (Lipinski definition) is 1. The Hall–Kier alpha value is 0.0700. The zero-order valence-corrected chi connectivity index (χ0v) is 10.2. The summed E-state index contributed by atoms with van der Waals surface area (Å²) < 4.78 is 20.3. The Labute approximate surface area is 91.0 Å². The molecule has 0 rings (SSSR count). The summed E-state index contributed by atoms with van der Waals surface area (Å²) in [5, 5.41) is 8.51. The van der Waals surface area contributed by atoms with Crippen molar-refractivity contribution in [1.82, 2.24) is 0 Å². The number of phosphoric ester groups is 1. The van der Waals surface area contributed by atoms with Gasteiger partial charge in [-0.1, -0.05) is 12.8 Å². The summed E-state index contributed by atoms with van der Waals surface area (Å²) in [4.78, 5) is 11.1. The van der Waals surface area contributed by atoms with Crippen LogP contribution in [-0.2, 0) is 13.6 Å². The summed E-state index contributed by atoms with van der Waals surface area (Å²) in [5.41, 5.74) is 0. The summed E-state index contributed by atoms with van der Waals surface area (Å²) >= 11 is 0. The number of rotatable bonds is 9. The maximum Gasteiger partial charge on any atom is 0.268 e. The van der Waals surface area contributed by atoms with Crippen LogP contribution < -0.4 is 4.89 Å². The van der Waals surface area contributed by atoms with Crippen molar-refractivity contribution in [1.29, 1.82) is 0 Å². The van der Waals surface area contributed by atoms with Gasteiger partial charge in [0, 0.05) is 6.61 Å². The molecular weight excluding hydrogens is 219 g/mol. The Balaban J connectivity index is 3.45. The molecule has 0 aromatic rings. The molecule has 92 valence electrons. The van der Waals surface area contributed by atoms with Crippen molar-refractivity contribution in [2.24, 2.45) is 0 Å². The van der Waals surface area contributed by atoms with E-state index in [0.717, 1.165) is 19.3 Å². The van der Waals surface area contributed by atoms with E-state index in [1.165, 1.54) is 0 Å².